The molecule has 0 saturated carbocycles. The van der Waals surface area contributed by atoms with Gasteiger partial charge in [-0.2, -0.15) is 30.7 Å². The molecule has 0 rings (SSSR count). The van der Waals surface area contributed by atoms with Crippen molar-refractivity contribution in [3.63, 3.8) is 0 Å². The molecule has 0 bridgehead atoms. The highest BCUT2D eigenvalue weighted by molar-refractivity contribution is 5.75. The van der Waals surface area contributed by atoms with Gasteiger partial charge in [0.25, 0.3) is 0 Å². The minimum atomic E-state index is -6.36. The topological polar surface area (TPSA) is 46.5 Å². The summed E-state index contributed by atoms with van der Waals surface area (Å²) in [5.74, 6) is -6.45. The second kappa shape index (κ2) is 8.11. The van der Waals surface area contributed by atoms with E-state index in [0.717, 1.165) is 0 Å². The van der Waals surface area contributed by atoms with Crippen molar-refractivity contribution in [3.05, 3.63) is 0 Å². The van der Waals surface area contributed by atoms with Gasteiger partial charge in [-0.3, -0.25) is 4.79 Å². The van der Waals surface area contributed by atoms with Gasteiger partial charge in [-0.15, -0.1) is 0 Å². The maximum Gasteiger partial charge on any atom is 0.458 e. The second-order valence-electron chi connectivity index (χ2n) is 5.23. The van der Waals surface area contributed by atoms with Gasteiger partial charge in [0.1, 0.15) is 12.8 Å². The molecule has 140 valence electrons. The fraction of sp³-hybridized carbons (Fsp3) is 0.917. The molecule has 1 N–H and O–H groups in total. The van der Waals surface area contributed by atoms with E-state index < -0.39 is 36.4 Å². The van der Waals surface area contributed by atoms with Gasteiger partial charge < -0.3 is 9.84 Å². The number of alkyl halides is 8. The first-order valence-corrected chi connectivity index (χ1v) is 6.25. The van der Waals surface area contributed by atoms with Crippen molar-refractivity contribution in [1.82, 2.24) is 0 Å². The van der Waals surface area contributed by atoms with Crippen LogP contribution in [0.2, 0.25) is 0 Å². The zero-order valence-electron chi connectivity index (χ0n) is 12.8. The van der Waals surface area contributed by atoms with E-state index in [1.165, 1.54) is 0 Å². The summed E-state index contributed by atoms with van der Waals surface area (Å²) in [6.07, 6.45) is -12.6. The van der Waals surface area contributed by atoms with Gasteiger partial charge >= 0.3 is 24.2 Å². The summed E-state index contributed by atoms with van der Waals surface area (Å²) >= 11 is 0. The molecule has 0 aromatic rings. The molecule has 0 saturated heterocycles. The summed E-state index contributed by atoms with van der Waals surface area (Å²) in [7, 11) is 0. The van der Waals surface area contributed by atoms with Gasteiger partial charge in [0.05, 0.1) is 5.41 Å². The second-order valence-corrected chi connectivity index (χ2v) is 5.23. The first-order chi connectivity index (χ1) is 9.94. The average molecular weight is 362 g/mol. The van der Waals surface area contributed by atoms with E-state index in [2.05, 4.69) is 0 Å². The van der Waals surface area contributed by atoms with Crippen LogP contribution in [0, 0.1) is 5.41 Å². The molecule has 1 unspecified atom stereocenters. The standard InChI is InChI=1S/C9H17FO2.C3HF7O/c1-5-9(3,4)8(11)12-7(2)6-10;4-1(11,2(5,6)7)3(8,9)10/h7H,5-6H2,1-4H3;11H. The molecule has 0 aromatic heterocycles. The molecule has 3 nitrogen and oxygen atoms in total. The van der Waals surface area contributed by atoms with E-state index in [0.29, 0.717) is 6.42 Å². The van der Waals surface area contributed by atoms with E-state index in [1.807, 2.05) is 6.92 Å². The third-order valence-electron chi connectivity index (χ3n) is 2.71. The Labute approximate surface area is 127 Å². The van der Waals surface area contributed by atoms with Gasteiger partial charge in [0, 0.05) is 0 Å². The molecule has 0 aromatic carbocycles. The van der Waals surface area contributed by atoms with Crippen LogP contribution in [0.3, 0.4) is 0 Å². The average Bonchev–Trinajstić information content (AvgIpc) is 2.36. The molecule has 23 heavy (non-hydrogen) atoms. The lowest BCUT2D eigenvalue weighted by atomic mass is 9.91. The largest absolute Gasteiger partial charge is 0.459 e. The number of hydrogen-bond donors (Lipinski definition) is 1. The number of carbonyl (C=O) groups is 1. The molecule has 0 spiro atoms. The van der Waals surface area contributed by atoms with E-state index >= 15 is 0 Å². The van der Waals surface area contributed by atoms with E-state index in [-0.39, 0.29) is 5.97 Å². The van der Waals surface area contributed by atoms with Gasteiger partial charge in [-0.25, -0.2) is 4.39 Å². The zero-order chi connectivity index (χ0) is 19.3. The fourth-order valence-electron chi connectivity index (χ4n) is 0.679. The maximum absolute atomic E-state index is 12.0. The van der Waals surface area contributed by atoms with Crippen molar-refractivity contribution in [2.45, 2.75) is 58.4 Å². The lowest BCUT2D eigenvalue weighted by Crippen LogP contribution is -2.52. The van der Waals surface area contributed by atoms with Crippen LogP contribution in [0.4, 0.5) is 35.1 Å². The SMILES string of the molecule is CCC(C)(C)C(=O)OC(C)CF.OC(F)(C(F)(F)F)C(F)(F)F. The van der Waals surface area contributed by atoms with Crippen LogP contribution in [0.1, 0.15) is 34.1 Å². The lowest BCUT2D eigenvalue weighted by molar-refractivity contribution is -0.417. The number of aliphatic hydroxyl groups is 1. The van der Waals surface area contributed by atoms with Crippen LogP contribution in [-0.2, 0) is 9.53 Å². The van der Waals surface area contributed by atoms with Crippen molar-refractivity contribution in [3.8, 4) is 0 Å². The van der Waals surface area contributed by atoms with Crippen molar-refractivity contribution >= 4 is 5.97 Å². The molecule has 0 fully saturated rings. The minimum absolute atomic E-state index is 0.324. The Hall–Kier alpha value is -1.13. The van der Waals surface area contributed by atoms with E-state index in [4.69, 9.17) is 9.84 Å². The summed E-state index contributed by atoms with van der Waals surface area (Å²) in [6, 6.07) is 0. The predicted octanol–water partition coefficient (Wildman–Crippen LogP) is 4.09. The maximum atomic E-state index is 12.0. The highest BCUT2D eigenvalue weighted by atomic mass is 19.4. The Morgan fingerprint density at radius 1 is 1.04 bits per heavy atom. The molecule has 0 aliphatic rings. The van der Waals surface area contributed by atoms with Crippen molar-refractivity contribution in [2.24, 2.45) is 5.41 Å². The number of halogens is 8. The van der Waals surface area contributed by atoms with Gasteiger partial charge in [0.15, 0.2) is 0 Å². The first kappa shape index (κ1) is 24.1. The van der Waals surface area contributed by atoms with Crippen LogP contribution in [0.25, 0.3) is 0 Å². The monoisotopic (exact) mass is 362 g/mol. The summed E-state index contributed by atoms with van der Waals surface area (Å²) in [4.78, 5) is 11.3. The number of esters is 1. The highest BCUT2D eigenvalue weighted by Gasteiger charge is 2.72. The first-order valence-electron chi connectivity index (χ1n) is 6.25. The Morgan fingerprint density at radius 2 is 1.39 bits per heavy atom. The molecule has 1 atom stereocenters. The molecule has 0 heterocycles. The molecule has 11 heteroatoms. The van der Waals surface area contributed by atoms with Crippen molar-refractivity contribution < 1.29 is 49.8 Å². The van der Waals surface area contributed by atoms with Crippen LogP contribution >= 0.6 is 0 Å². The molecule has 0 radical (unpaired) electrons. The van der Waals surface area contributed by atoms with Gasteiger partial charge in [0.2, 0.25) is 0 Å². The van der Waals surface area contributed by atoms with Crippen LogP contribution in [-0.4, -0.2) is 42.1 Å². The number of ether oxygens (including phenoxy) is 1. The fourth-order valence-corrected chi connectivity index (χ4v) is 0.679. The van der Waals surface area contributed by atoms with Crippen molar-refractivity contribution in [2.75, 3.05) is 6.67 Å². The number of carbonyl (C=O) groups excluding carboxylic acids is 1. The minimum Gasteiger partial charge on any atom is -0.459 e. The van der Waals surface area contributed by atoms with Crippen molar-refractivity contribution in [1.29, 1.82) is 0 Å². The van der Waals surface area contributed by atoms with E-state index in [1.54, 1.807) is 20.8 Å². The molecular formula is C12H18F8O3. The van der Waals surface area contributed by atoms with Gasteiger partial charge in [-0.05, 0) is 27.2 Å². The Kier molecular flexibility index (Phi) is 8.51. The molecule has 0 aliphatic heterocycles. The lowest BCUT2D eigenvalue weighted by Gasteiger charge is -2.23. The number of rotatable bonds is 4. The van der Waals surface area contributed by atoms with Crippen LogP contribution < -0.4 is 0 Å². The molecular weight excluding hydrogens is 344 g/mol. The molecule has 0 aliphatic carbocycles. The quantitative estimate of drug-likeness (QED) is 0.605. The summed E-state index contributed by atoms with van der Waals surface area (Å²) < 4.78 is 94.1. The Bertz CT molecular complexity index is 357. The zero-order valence-corrected chi connectivity index (χ0v) is 12.8. The summed E-state index contributed by atoms with van der Waals surface area (Å²) in [5, 5.41) is 7.27. The third kappa shape index (κ3) is 7.32. The third-order valence-corrected chi connectivity index (χ3v) is 2.71. The summed E-state index contributed by atoms with van der Waals surface area (Å²) in [6.45, 7) is 6.41. The summed E-state index contributed by atoms with van der Waals surface area (Å²) in [5.41, 5.74) is -0.497. The Balaban J connectivity index is 0. The van der Waals surface area contributed by atoms with Crippen LogP contribution in [0.5, 0.6) is 0 Å². The number of hydrogen-bond acceptors (Lipinski definition) is 3. The predicted molar refractivity (Wildman–Crippen MR) is 63.8 cm³/mol. The highest BCUT2D eigenvalue weighted by Crippen LogP contribution is 2.43. The van der Waals surface area contributed by atoms with Gasteiger partial charge in [-0.1, -0.05) is 6.92 Å². The normalized spacial score (nSPS) is 14.7. The van der Waals surface area contributed by atoms with E-state index in [9.17, 15) is 39.9 Å². The van der Waals surface area contributed by atoms with Crippen LogP contribution in [0.15, 0.2) is 0 Å². The molecule has 0 amide bonds. The smallest absolute Gasteiger partial charge is 0.458 e. The Morgan fingerprint density at radius 3 is 1.57 bits per heavy atom.